The minimum atomic E-state index is -0.685. The number of likely N-dealkylation sites (tertiary alicyclic amines) is 1. The molecule has 29 heavy (non-hydrogen) atoms. The van der Waals surface area contributed by atoms with Crippen LogP contribution in [0.3, 0.4) is 0 Å². The third kappa shape index (κ3) is 2.68. The molecule has 1 N–H and O–H groups in total. The van der Waals surface area contributed by atoms with Crippen LogP contribution >= 0.6 is 0 Å². The number of amides is 2. The van der Waals surface area contributed by atoms with Gasteiger partial charge >= 0.3 is 0 Å². The summed E-state index contributed by atoms with van der Waals surface area (Å²) in [5.41, 5.74) is -0.452. The lowest BCUT2D eigenvalue weighted by Crippen LogP contribution is -2.51. The Morgan fingerprint density at radius 1 is 1.31 bits per heavy atom. The van der Waals surface area contributed by atoms with E-state index in [-0.39, 0.29) is 29.8 Å². The maximum absolute atomic E-state index is 13.9. The van der Waals surface area contributed by atoms with Crippen LogP contribution in [0.15, 0.2) is 36.4 Å². The number of hydrogen-bond donors (Lipinski definition) is 1. The van der Waals surface area contributed by atoms with E-state index in [2.05, 4.69) is 5.32 Å². The largest absolute Gasteiger partial charge is 0.360 e. The van der Waals surface area contributed by atoms with Gasteiger partial charge in [-0.25, -0.2) is 4.39 Å². The van der Waals surface area contributed by atoms with Crippen LogP contribution in [-0.2, 0) is 19.9 Å². The lowest BCUT2D eigenvalue weighted by molar-refractivity contribution is -0.139. The Labute approximate surface area is 170 Å². The van der Waals surface area contributed by atoms with E-state index < -0.39 is 23.0 Å². The minimum absolute atomic E-state index is 0.00164. The van der Waals surface area contributed by atoms with Crippen molar-refractivity contribution in [2.24, 2.45) is 11.8 Å². The lowest BCUT2D eigenvalue weighted by atomic mass is 9.76. The van der Waals surface area contributed by atoms with Gasteiger partial charge in [-0.15, -0.1) is 0 Å². The van der Waals surface area contributed by atoms with Gasteiger partial charge in [-0.3, -0.25) is 9.59 Å². The number of halogens is 1. The van der Waals surface area contributed by atoms with Crippen molar-refractivity contribution in [3.8, 4) is 0 Å². The van der Waals surface area contributed by atoms with Gasteiger partial charge in [0.05, 0.1) is 30.0 Å². The van der Waals surface area contributed by atoms with Crippen LogP contribution in [0.4, 0.5) is 4.39 Å². The molecule has 154 valence electrons. The normalized spacial score (nSPS) is 34.3. The summed E-state index contributed by atoms with van der Waals surface area (Å²) in [6.07, 6.45) is 7.05. The number of carbonyl (C=O) groups excluding carboxylic acids is 2. The van der Waals surface area contributed by atoms with Crippen molar-refractivity contribution in [3.05, 3.63) is 47.8 Å². The van der Waals surface area contributed by atoms with Gasteiger partial charge in [-0.05, 0) is 44.4 Å². The SMILES string of the molecule is CC(C)N1C[C@]23C=C[C@@H](O2)[C@H](C(=O)NC2(c4cccc(F)c4)CCCC2)[C@@H]3C1=O. The van der Waals surface area contributed by atoms with E-state index in [9.17, 15) is 14.0 Å². The van der Waals surface area contributed by atoms with E-state index in [1.165, 1.54) is 12.1 Å². The average molecular weight is 398 g/mol. The fourth-order valence-electron chi connectivity index (χ4n) is 5.83. The second kappa shape index (κ2) is 6.39. The van der Waals surface area contributed by atoms with Gasteiger partial charge in [0.25, 0.3) is 0 Å². The number of nitrogens with one attached hydrogen (secondary N) is 1. The van der Waals surface area contributed by atoms with Crippen LogP contribution in [0.1, 0.15) is 45.1 Å². The maximum Gasteiger partial charge on any atom is 0.230 e. The summed E-state index contributed by atoms with van der Waals surface area (Å²) >= 11 is 0. The molecule has 2 saturated heterocycles. The van der Waals surface area contributed by atoms with Crippen LogP contribution in [0.25, 0.3) is 0 Å². The Morgan fingerprint density at radius 2 is 2.07 bits per heavy atom. The highest BCUT2D eigenvalue weighted by Gasteiger charge is 2.67. The number of fused-ring (bicyclic) bond motifs is 1. The zero-order valence-corrected chi connectivity index (χ0v) is 16.9. The molecule has 5 nitrogen and oxygen atoms in total. The van der Waals surface area contributed by atoms with E-state index in [4.69, 9.17) is 4.74 Å². The van der Waals surface area contributed by atoms with E-state index >= 15 is 0 Å². The Kier molecular flexibility index (Phi) is 4.14. The summed E-state index contributed by atoms with van der Waals surface area (Å²) in [6.45, 7) is 4.47. The minimum Gasteiger partial charge on any atom is -0.360 e. The predicted molar refractivity (Wildman–Crippen MR) is 105 cm³/mol. The Morgan fingerprint density at radius 3 is 2.76 bits per heavy atom. The first-order chi connectivity index (χ1) is 13.9. The monoisotopic (exact) mass is 398 g/mol. The molecule has 0 aromatic heterocycles. The van der Waals surface area contributed by atoms with Crippen molar-refractivity contribution < 1.29 is 18.7 Å². The average Bonchev–Trinajstić information content (AvgIpc) is 3.43. The standard InChI is InChI=1S/C23H27FN2O3/c1-14(2)26-13-23-11-8-17(29-23)18(19(23)21(26)28)20(27)25-22(9-3-4-10-22)15-6-5-7-16(24)12-15/h5-8,11-12,14,17-19H,3-4,9-10,13H2,1-2H3,(H,25,27)/t17-,18+,19-,23+/m1/s1. The smallest absolute Gasteiger partial charge is 0.230 e. The zero-order valence-electron chi connectivity index (χ0n) is 16.9. The Hall–Kier alpha value is -2.21. The van der Waals surface area contributed by atoms with Gasteiger partial charge in [-0.2, -0.15) is 0 Å². The number of hydrogen-bond acceptors (Lipinski definition) is 3. The predicted octanol–water partition coefficient (Wildman–Crippen LogP) is 2.90. The molecule has 1 aromatic carbocycles. The quantitative estimate of drug-likeness (QED) is 0.794. The van der Waals surface area contributed by atoms with Crippen molar-refractivity contribution in [3.63, 3.8) is 0 Å². The van der Waals surface area contributed by atoms with Crippen molar-refractivity contribution in [1.82, 2.24) is 10.2 Å². The molecule has 1 aliphatic carbocycles. The maximum atomic E-state index is 13.9. The topological polar surface area (TPSA) is 58.6 Å². The fourth-order valence-corrected chi connectivity index (χ4v) is 5.83. The molecule has 3 aliphatic heterocycles. The van der Waals surface area contributed by atoms with Gasteiger partial charge < -0.3 is 15.0 Å². The van der Waals surface area contributed by atoms with Gasteiger partial charge in [0.2, 0.25) is 11.8 Å². The molecule has 0 unspecified atom stereocenters. The Balaban J connectivity index is 1.45. The summed E-state index contributed by atoms with van der Waals surface area (Å²) in [7, 11) is 0. The van der Waals surface area contributed by atoms with Gasteiger partial charge in [0.1, 0.15) is 11.4 Å². The molecular weight excluding hydrogens is 371 g/mol. The molecule has 2 amide bonds. The van der Waals surface area contributed by atoms with Gasteiger partial charge in [0.15, 0.2) is 0 Å². The highest BCUT2D eigenvalue weighted by atomic mass is 19.1. The number of carbonyl (C=O) groups is 2. The van der Waals surface area contributed by atoms with Crippen LogP contribution in [0, 0.1) is 17.7 Å². The van der Waals surface area contributed by atoms with Gasteiger partial charge in [-0.1, -0.05) is 37.1 Å². The molecule has 4 aliphatic rings. The molecule has 1 aromatic rings. The van der Waals surface area contributed by atoms with E-state index in [0.29, 0.717) is 6.54 Å². The second-order valence-corrected chi connectivity index (χ2v) is 9.25. The number of ether oxygens (including phenoxy) is 1. The van der Waals surface area contributed by atoms with Gasteiger partial charge in [0, 0.05) is 6.04 Å². The summed E-state index contributed by atoms with van der Waals surface area (Å²) in [4.78, 5) is 28.5. The summed E-state index contributed by atoms with van der Waals surface area (Å²) in [5.74, 6) is -1.48. The summed E-state index contributed by atoms with van der Waals surface area (Å²) < 4.78 is 20.1. The first-order valence-corrected chi connectivity index (χ1v) is 10.6. The number of rotatable bonds is 4. The van der Waals surface area contributed by atoms with Crippen molar-refractivity contribution >= 4 is 11.8 Å². The number of benzene rings is 1. The van der Waals surface area contributed by atoms with E-state index in [1.807, 2.05) is 37.0 Å². The Bertz CT molecular complexity index is 892. The third-order valence-electron chi connectivity index (χ3n) is 7.25. The molecular formula is C23H27FN2O3. The molecule has 2 bridgehead atoms. The summed E-state index contributed by atoms with van der Waals surface area (Å²) in [6, 6.07) is 6.58. The first kappa shape index (κ1) is 18.8. The molecule has 0 radical (unpaired) electrons. The van der Waals surface area contributed by atoms with Crippen molar-refractivity contribution in [2.45, 2.75) is 62.8 Å². The lowest BCUT2D eigenvalue weighted by Gasteiger charge is -2.34. The number of nitrogens with zero attached hydrogens (tertiary/aromatic N) is 1. The third-order valence-corrected chi connectivity index (χ3v) is 7.25. The van der Waals surface area contributed by atoms with Crippen molar-refractivity contribution in [2.75, 3.05) is 6.54 Å². The van der Waals surface area contributed by atoms with Crippen LogP contribution in [0.2, 0.25) is 0 Å². The van der Waals surface area contributed by atoms with Crippen LogP contribution < -0.4 is 5.32 Å². The fraction of sp³-hybridized carbons (Fsp3) is 0.565. The molecule has 3 fully saturated rings. The highest BCUT2D eigenvalue weighted by molar-refractivity contribution is 5.93. The molecule has 1 saturated carbocycles. The summed E-state index contributed by atoms with van der Waals surface area (Å²) in [5, 5.41) is 3.25. The molecule has 5 rings (SSSR count). The zero-order chi connectivity index (χ0) is 20.4. The molecule has 4 atom stereocenters. The highest BCUT2D eigenvalue weighted by Crippen LogP contribution is 2.52. The van der Waals surface area contributed by atoms with Crippen LogP contribution in [0.5, 0.6) is 0 Å². The molecule has 1 spiro atoms. The second-order valence-electron chi connectivity index (χ2n) is 9.25. The first-order valence-electron chi connectivity index (χ1n) is 10.6. The van der Waals surface area contributed by atoms with Crippen molar-refractivity contribution in [1.29, 1.82) is 0 Å². The van der Waals surface area contributed by atoms with E-state index in [1.54, 1.807) is 6.07 Å². The van der Waals surface area contributed by atoms with E-state index in [0.717, 1.165) is 31.2 Å². The molecule has 3 heterocycles. The van der Waals surface area contributed by atoms with Crippen LogP contribution in [-0.4, -0.2) is 41.0 Å². The molecule has 6 heteroatoms.